The highest BCUT2D eigenvalue weighted by atomic mass is 32.2. The third-order valence-corrected chi connectivity index (χ3v) is 6.84. The van der Waals surface area contributed by atoms with Gasteiger partial charge in [-0.25, -0.2) is 22.7 Å². The minimum atomic E-state index is -3.29. The molecule has 1 unspecified atom stereocenters. The van der Waals surface area contributed by atoms with Crippen LogP contribution in [0, 0.1) is 6.92 Å². The van der Waals surface area contributed by atoms with E-state index >= 15 is 0 Å². The van der Waals surface area contributed by atoms with E-state index in [0.29, 0.717) is 43.3 Å². The Morgan fingerprint density at radius 2 is 2.00 bits per heavy atom. The Morgan fingerprint density at radius 3 is 2.55 bits per heavy atom. The number of hydrogen-bond acceptors (Lipinski definition) is 7. The molecule has 3 heterocycles. The predicted molar refractivity (Wildman–Crippen MR) is 119 cm³/mol. The van der Waals surface area contributed by atoms with Crippen LogP contribution < -0.4 is 4.90 Å². The molecule has 0 saturated carbocycles. The van der Waals surface area contributed by atoms with Gasteiger partial charge < -0.3 is 9.80 Å². The Hall–Kier alpha value is -2.53. The summed E-state index contributed by atoms with van der Waals surface area (Å²) in [5.41, 5.74) is 2.88. The third kappa shape index (κ3) is 5.04. The first-order valence-electron chi connectivity index (χ1n) is 10.3. The van der Waals surface area contributed by atoms with Gasteiger partial charge in [0, 0.05) is 71.2 Å². The Morgan fingerprint density at radius 1 is 1.29 bits per heavy atom. The first kappa shape index (κ1) is 23.1. The second kappa shape index (κ2) is 8.91. The van der Waals surface area contributed by atoms with Gasteiger partial charge in [-0.05, 0) is 20.3 Å². The Labute approximate surface area is 183 Å². The maximum Gasteiger partial charge on any atom is 0.257 e. The smallest absolute Gasteiger partial charge is 0.257 e. The van der Waals surface area contributed by atoms with Gasteiger partial charge in [0.1, 0.15) is 0 Å². The summed E-state index contributed by atoms with van der Waals surface area (Å²) in [6, 6.07) is 0. The van der Waals surface area contributed by atoms with E-state index in [1.165, 1.54) is 10.6 Å². The second-order valence-electron chi connectivity index (χ2n) is 8.23. The molecule has 1 amide bonds. The lowest BCUT2D eigenvalue weighted by atomic mass is 9.99. The van der Waals surface area contributed by atoms with Crippen molar-refractivity contribution in [3.63, 3.8) is 0 Å². The van der Waals surface area contributed by atoms with E-state index in [0.717, 1.165) is 17.8 Å². The zero-order chi connectivity index (χ0) is 22.9. The molecule has 1 aliphatic heterocycles. The molecule has 0 bridgehead atoms. The lowest BCUT2D eigenvalue weighted by Gasteiger charge is -2.22. The van der Waals surface area contributed by atoms with E-state index in [2.05, 4.69) is 15.1 Å². The summed E-state index contributed by atoms with van der Waals surface area (Å²) in [4.78, 5) is 25.7. The molecule has 3 rings (SSSR count). The van der Waals surface area contributed by atoms with Crippen LogP contribution in [0.2, 0.25) is 0 Å². The monoisotopic (exact) mass is 449 g/mol. The molecule has 11 heteroatoms. The highest BCUT2D eigenvalue weighted by Gasteiger charge is 2.34. The first-order valence-corrected chi connectivity index (χ1v) is 12.1. The highest BCUT2D eigenvalue weighted by molar-refractivity contribution is 7.88. The van der Waals surface area contributed by atoms with Crippen LogP contribution in [-0.4, -0.2) is 83.8 Å². The fraction of sp³-hybridized carbons (Fsp3) is 0.600. The van der Waals surface area contributed by atoms with Gasteiger partial charge in [0.15, 0.2) is 0 Å². The number of aryl methyl sites for hydroxylation is 2. The molecule has 170 valence electrons. The van der Waals surface area contributed by atoms with Crippen molar-refractivity contribution in [1.82, 2.24) is 29.0 Å². The van der Waals surface area contributed by atoms with Crippen LogP contribution in [0.25, 0.3) is 0 Å². The number of sulfonamides is 1. The van der Waals surface area contributed by atoms with E-state index in [-0.39, 0.29) is 11.8 Å². The first-order chi connectivity index (χ1) is 14.5. The van der Waals surface area contributed by atoms with Gasteiger partial charge in [-0.1, -0.05) is 0 Å². The van der Waals surface area contributed by atoms with E-state index in [9.17, 15) is 13.2 Å². The van der Waals surface area contributed by atoms with E-state index in [1.807, 2.05) is 38.8 Å². The molecule has 0 aromatic carbocycles. The minimum absolute atomic E-state index is 0.159. The average molecular weight is 450 g/mol. The molecule has 1 fully saturated rings. The molecule has 1 aliphatic rings. The van der Waals surface area contributed by atoms with Crippen molar-refractivity contribution in [2.24, 2.45) is 0 Å². The largest absolute Gasteiger partial charge is 0.347 e. The summed E-state index contributed by atoms with van der Waals surface area (Å²) in [7, 11) is 2.12. The van der Waals surface area contributed by atoms with Gasteiger partial charge in [-0.15, -0.1) is 0 Å². The average Bonchev–Trinajstić information content (AvgIpc) is 3.34. The van der Waals surface area contributed by atoms with Gasteiger partial charge in [0.05, 0.1) is 23.2 Å². The van der Waals surface area contributed by atoms with Crippen LogP contribution >= 0.6 is 0 Å². The van der Waals surface area contributed by atoms with Gasteiger partial charge in [-0.2, -0.15) is 5.10 Å². The van der Waals surface area contributed by atoms with Gasteiger partial charge in [0.25, 0.3) is 5.91 Å². The van der Waals surface area contributed by atoms with Gasteiger partial charge in [0.2, 0.25) is 16.0 Å². The molecule has 31 heavy (non-hydrogen) atoms. The number of aromatic nitrogens is 4. The summed E-state index contributed by atoms with van der Waals surface area (Å²) in [6.07, 6.45) is 5.33. The van der Waals surface area contributed by atoms with Gasteiger partial charge in [-0.3, -0.25) is 9.48 Å². The summed E-state index contributed by atoms with van der Waals surface area (Å²) in [5.74, 6) is 0.141. The number of carbonyl (C=O) groups excluding carboxylic acids is 1. The maximum atomic E-state index is 13.3. The van der Waals surface area contributed by atoms with Crippen LogP contribution in [0.3, 0.4) is 0 Å². The van der Waals surface area contributed by atoms with Crippen molar-refractivity contribution in [1.29, 1.82) is 0 Å². The molecule has 0 aliphatic carbocycles. The third-order valence-electron chi connectivity index (χ3n) is 5.57. The normalized spacial score (nSPS) is 17.2. The second-order valence-corrected chi connectivity index (χ2v) is 10.2. The number of nitrogens with zero attached hydrogens (tertiary/aromatic N) is 7. The van der Waals surface area contributed by atoms with E-state index < -0.39 is 10.0 Å². The Bertz CT molecular complexity index is 1060. The zero-order valence-corrected chi connectivity index (χ0v) is 19.8. The molecular weight excluding hydrogens is 418 g/mol. The SMILES string of the molecule is CCn1cc(CN(C)C(=O)c2cnc(N(C)C)nc2C2CCN(S(C)(=O)=O)C2)c(C)n1. The Kier molecular flexibility index (Phi) is 6.65. The standard InChI is InChI=1S/C20H31N7O3S/c1-7-26-12-16(14(2)23-26)11-25(5)19(28)17-10-21-20(24(3)4)22-18(17)15-8-9-27(13-15)31(6,29)30/h10,12,15H,7-9,11,13H2,1-6H3. The number of anilines is 1. The number of rotatable bonds is 7. The highest BCUT2D eigenvalue weighted by Crippen LogP contribution is 2.31. The quantitative estimate of drug-likeness (QED) is 0.623. The lowest BCUT2D eigenvalue weighted by Crippen LogP contribution is -2.30. The summed E-state index contributed by atoms with van der Waals surface area (Å²) in [6.45, 7) is 5.86. The van der Waals surface area contributed by atoms with Crippen molar-refractivity contribution >= 4 is 21.9 Å². The van der Waals surface area contributed by atoms with E-state index in [4.69, 9.17) is 0 Å². The molecule has 10 nitrogen and oxygen atoms in total. The minimum Gasteiger partial charge on any atom is -0.347 e. The zero-order valence-electron chi connectivity index (χ0n) is 19.0. The molecular formula is C20H31N7O3S. The maximum absolute atomic E-state index is 13.3. The lowest BCUT2D eigenvalue weighted by molar-refractivity contribution is 0.0782. The molecule has 1 atom stereocenters. The van der Waals surface area contributed by atoms with Crippen LogP contribution in [0.5, 0.6) is 0 Å². The molecule has 0 radical (unpaired) electrons. The topological polar surface area (TPSA) is 105 Å². The number of amides is 1. The fourth-order valence-electron chi connectivity index (χ4n) is 3.74. The molecule has 0 spiro atoms. The summed E-state index contributed by atoms with van der Waals surface area (Å²) in [5, 5.41) is 4.44. The number of hydrogen-bond donors (Lipinski definition) is 0. The Balaban J connectivity index is 1.90. The van der Waals surface area contributed by atoms with E-state index in [1.54, 1.807) is 23.0 Å². The summed E-state index contributed by atoms with van der Waals surface area (Å²) >= 11 is 0. The van der Waals surface area contributed by atoms with Crippen molar-refractivity contribution in [3.05, 3.63) is 34.9 Å². The van der Waals surface area contributed by atoms with Crippen LogP contribution in [0.15, 0.2) is 12.4 Å². The fourth-order valence-corrected chi connectivity index (χ4v) is 4.63. The molecule has 2 aromatic heterocycles. The van der Waals surface area contributed by atoms with Crippen molar-refractivity contribution in [3.8, 4) is 0 Å². The summed E-state index contributed by atoms with van der Waals surface area (Å²) < 4.78 is 27.2. The molecule has 2 aromatic rings. The number of carbonyl (C=O) groups is 1. The van der Waals surface area contributed by atoms with Crippen molar-refractivity contribution < 1.29 is 13.2 Å². The van der Waals surface area contributed by atoms with Crippen LogP contribution in [-0.2, 0) is 23.1 Å². The molecule has 0 N–H and O–H groups in total. The van der Waals surface area contributed by atoms with Gasteiger partial charge >= 0.3 is 0 Å². The van der Waals surface area contributed by atoms with Crippen LogP contribution in [0.4, 0.5) is 5.95 Å². The van der Waals surface area contributed by atoms with Crippen LogP contribution in [0.1, 0.15) is 46.6 Å². The van der Waals surface area contributed by atoms with Crippen molar-refractivity contribution in [2.45, 2.75) is 39.3 Å². The predicted octanol–water partition coefficient (Wildman–Crippen LogP) is 1.09. The molecule has 1 saturated heterocycles. The van der Waals surface area contributed by atoms with Crippen molar-refractivity contribution in [2.75, 3.05) is 45.4 Å².